The minimum absolute atomic E-state index is 0.104. The fourth-order valence-electron chi connectivity index (χ4n) is 5.75. The summed E-state index contributed by atoms with van der Waals surface area (Å²) in [6.45, 7) is 5.42. The number of cyclic esters (lactones) is 1. The largest absolute Gasteiger partial charge is 0.464 e. The molecule has 0 aromatic carbocycles. The number of carbonyl (C=O) groups is 7. The maximum absolute atomic E-state index is 13.8. The lowest BCUT2D eigenvalue weighted by Crippen LogP contribution is -2.61. The van der Waals surface area contributed by atoms with Crippen LogP contribution in [0.25, 0.3) is 0 Å². The van der Waals surface area contributed by atoms with E-state index in [2.05, 4.69) is 33.9 Å². The summed E-state index contributed by atoms with van der Waals surface area (Å²) in [7, 11) is 0. The zero-order valence-electron chi connectivity index (χ0n) is 26.7. The third-order valence-corrected chi connectivity index (χ3v) is 8.51. The molecule has 0 radical (unpaired) electrons. The number of nitrogens with two attached hydrogens (primary N) is 2. The molecule has 3 aliphatic rings. The van der Waals surface area contributed by atoms with Crippen LogP contribution in [0.3, 0.4) is 0 Å². The van der Waals surface area contributed by atoms with Crippen molar-refractivity contribution in [1.29, 1.82) is 5.41 Å². The number of nitrogens with zero attached hydrogens (tertiary/aromatic N) is 3. The van der Waals surface area contributed by atoms with Gasteiger partial charge in [-0.15, -0.1) is 0 Å². The summed E-state index contributed by atoms with van der Waals surface area (Å²) in [4.78, 5) is 93.3. The van der Waals surface area contributed by atoms with E-state index in [1.807, 2.05) is 18.7 Å². The highest BCUT2D eigenvalue weighted by atomic mass is 32.1. The van der Waals surface area contributed by atoms with Crippen molar-refractivity contribution in [2.75, 3.05) is 45.1 Å². The van der Waals surface area contributed by atoms with Crippen molar-refractivity contribution < 1.29 is 38.3 Å². The number of thiol groups is 1. The lowest BCUT2D eigenvalue weighted by molar-refractivity contribution is -0.143. The van der Waals surface area contributed by atoms with Crippen molar-refractivity contribution >= 4 is 60.1 Å². The molecule has 19 heteroatoms. The average Bonchev–Trinajstić information content (AvgIpc) is 3.53. The highest BCUT2D eigenvalue weighted by Crippen LogP contribution is 2.20. The van der Waals surface area contributed by atoms with Gasteiger partial charge in [0, 0.05) is 44.9 Å². The molecule has 3 rings (SSSR count). The van der Waals surface area contributed by atoms with E-state index in [-0.39, 0.29) is 49.7 Å². The van der Waals surface area contributed by atoms with Crippen LogP contribution in [0.5, 0.6) is 0 Å². The molecule has 18 nitrogen and oxygen atoms in total. The maximum atomic E-state index is 13.8. The Bertz CT molecular complexity index is 1230. The van der Waals surface area contributed by atoms with Crippen LogP contribution >= 0.6 is 12.6 Å². The smallest absolute Gasteiger partial charge is 0.328 e. The van der Waals surface area contributed by atoms with Gasteiger partial charge in [-0.3, -0.25) is 34.3 Å². The molecular formula is C28H46N10O8S. The molecule has 3 saturated heterocycles. The van der Waals surface area contributed by atoms with Crippen molar-refractivity contribution in [3.63, 3.8) is 0 Å². The van der Waals surface area contributed by atoms with E-state index in [0.29, 0.717) is 38.9 Å². The number of primary amides is 1. The average molecular weight is 683 g/mol. The van der Waals surface area contributed by atoms with Gasteiger partial charge in [0.2, 0.25) is 23.6 Å². The maximum Gasteiger partial charge on any atom is 0.328 e. The fourth-order valence-corrected chi connectivity index (χ4v) is 6.07. The summed E-state index contributed by atoms with van der Waals surface area (Å²) in [5.41, 5.74) is 10.5. The van der Waals surface area contributed by atoms with Crippen LogP contribution in [0.15, 0.2) is 0 Å². The molecule has 0 saturated carbocycles. The normalized spacial score (nSPS) is 21.9. The molecule has 0 bridgehead atoms. The van der Waals surface area contributed by atoms with Crippen LogP contribution in [-0.2, 0) is 33.5 Å². The van der Waals surface area contributed by atoms with Gasteiger partial charge in [0.05, 0.1) is 19.1 Å². The molecular weight excluding hydrogens is 636 g/mol. The topological polar surface area (TPSA) is 262 Å². The zero-order valence-corrected chi connectivity index (χ0v) is 27.6. The Hall–Kier alpha value is -4.13. The second kappa shape index (κ2) is 17.1. The third kappa shape index (κ3) is 10.2. The van der Waals surface area contributed by atoms with E-state index in [0.717, 1.165) is 4.90 Å². The summed E-state index contributed by atoms with van der Waals surface area (Å²) in [6, 6.07) is -5.56. The van der Waals surface area contributed by atoms with Crippen LogP contribution in [0.4, 0.5) is 4.79 Å². The van der Waals surface area contributed by atoms with E-state index in [1.54, 1.807) is 0 Å². The predicted molar refractivity (Wildman–Crippen MR) is 171 cm³/mol. The van der Waals surface area contributed by atoms with Gasteiger partial charge < -0.3 is 42.4 Å². The van der Waals surface area contributed by atoms with Crippen LogP contribution in [0.2, 0.25) is 0 Å². The number of carbonyl (C=O) groups excluding carboxylic acids is 7. The Kier molecular flexibility index (Phi) is 13.6. The number of rotatable bonds is 16. The SMILES string of the molecule is CC(C)CC(C(=O)NC(CCCNC(=N)N)C(=O)NC1CCOC1=O)N1CCN(C(=O)C(CS)N2C(=O)NC(CC(N)=O)C2=O)CC1. The van der Waals surface area contributed by atoms with Gasteiger partial charge in [0.1, 0.15) is 24.2 Å². The van der Waals surface area contributed by atoms with Gasteiger partial charge in [-0.2, -0.15) is 12.6 Å². The van der Waals surface area contributed by atoms with Crippen LogP contribution in [0, 0.1) is 11.3 Å². The number of nitrogens with one attached hydrogen (secondary N) is 5. The van der Waals surface area contributed by atoms with E-state index < -0.39 is 72.3 Å². The summed E-state index contributed by atoms with van der Waals surface area (Å²) >= 11 is 4.22. The quantitative estimate of drug-likeness (QED) is 0.0201. The molecule has 5 atom stereocenters. The van der Waals surface area contributed by atoms with Gasteiger partial charge in [-0.05, 0) is 25.2 Å². The number of amides is 7. The number of imide groups is 1. The predicted octanol–water partition coefficient (Wildman–Crippen LogP) is -3.18. The number of hydrogen-bond acceptors (Lipinski definition) is 11. The highest BCUT2D eigenvalue weighted by Gasteiger charge is 2.46. The van der Waals surface area contributed by atoms with E-state index in [4.69, 9.17) is 21.6 Å². The molecule has 0 aromatic rings. The first kappa shape index (κ1) is 37.3. The number of esters is 1. The van der Waals surface area contributed by atoms with E-state index in [9.17, 15) is 33.6 Å². The van der Waals surface area contributed by atoms with Gasteiger partial charge >= 0.3 is 12.0 Å². The minimum Gasteiger partial charge on any atom is -0.464 e. The Labute approximate surface area is 278 Å². The van der Waals surface area contributed by atoms with Gasteiger partial charge in [-0.1, -0.05) is 13.8 Å². The van der Waals surface area contributed by atoms with Crippen molar-refractivity contribution in [2.24, 2.45) is 17.4 Å². The Morgan fingerprint density at radius 3 is 2.30 bits per heavy atom. The first-order valence-electron chi connectivity index (χ1n) is 15.6. The molecule has 262 valence electrons. The lowest BCUT2D eigenvalue weighted by Gasteiger charge is -2.41. The van der Waals surface area contributed by atoms with Crippen molar-refractivity contribution in [1.82, 2.24) is 36.0 Å². The van der Waals surface area contributed by atoms with Crippen LogP contribution in [0.1, 0.15) is 46.0 Å². The standard InChI is InChI=1S/C28H46N10O8S/c1-15(2)12-19(23(41)33-16(4-3-6-32-27(30)31)22(40)34-17-5-11-46-26(17)44)36-7-9-37(10-8-36)25(43)20(14-47)38-24(42)18(13-21(29)39)35-28(38)45/h15-20,47H,3-14H2,1-2H3,(H2,29,39)(H,33,41)(H,34,40)(H,35,45)(H4,30,31,32). The summed E-state index contributed by atoms with van der Waals surface area (Å²) < 4.78 is 4.94. The first-order chi connectivity index (χ1) is 22.2. The molecule has 3 heterocycles. The number of piperazine rings is 1. The molecule has 3 fully saturated rings. The van der Waals surface area contributed by atoms with Crippen LogP contribution in [-0.4, -0.2) is 137 Å². The van der Waals surface area contributed by atoms with Crippen molar-refractivity contribution in [3.8, 4) is 0 Å². The summed E-state index contributed by atoms with van der Waals surface area (Å²) in [6.07, 6.45) is 1.00. The molecule has 0 aromatic heterocycles. The Balaban J connectivity index is 1.67. The first-order valence-corrected chi connectivity index (χ1v) is 16.3. The Morgan fingerprint density at radius 1 is 1.06 bits per heavy atom. The number of hydrogen-bond donors (Lipinski definition) is 8. The minimum atomic E-state index is -1.20. The molecule has 0 spiro atoms. The molecule has 3 aliphatic heterocycles. The van der Waals surface area contributed by atoms with E-state index >= 15 is 0 Å². The zero-order chi connectivity index (χ0) is 34.8. The van der Waals surface area contributed by atoms with Crippen LogP contribution < -0.4 is 32.7 Å². The monoisotopic (exact) mass is 682 g/mol. The number of urea groups is 1. The van der Waals surface area contributed by atoms with Gasteiger partial charge in [0.15, 0.2) is 5.96 Å². The second-order valence-corrected chi connectivity index (χ2v) is 12.5. The second-order valence-electron chi connectivity index (χ2n) is 12.1. The van der Waals surface area contributed by atoms with Gasteiger partial charge in [0.25, 0.3) is 5.91 Å². The molecule has 5 unspecified atom stereocenters. The highest BCUT2D eigenvalue weighted by molar-refractivity contribution is 7.80. The lowest BCUT2D eigenvalue weighted by atomic mass is 9.99. The summed E-state index contributed by atoms with van der Waals surface area (Å²) in [5, 5.41) is 17.9. The summed E-state index contributed by atoms with van der Waals surface area (Å²) in [5.74, 6) is -3.69. The molecule has 47 heavy (non-hydrogen) atoms. The molecule has 7 amide bonds. The molecule has 9 N–H and O–H groups in total. The number of guanidine groups is 1. The van der Waals surface area contributed by atoms with Crippen molar-refractivity contribution in [2.45, 2.75) is 76.2 Å². The number of ether oxygens (including phenoxy) is 1. The Morgan fingerprint density at radius 2 is 1.74 bits per heavy atom. The van der Waals surface area contributed by atoms with Crippen molar-refractivity contribution in [3.05, 3.63) is 0 Å². The van der Waals surface area contributed by atoms with Gasteiger partial charge in [-0.25, -0.2) is 14.5 Å². The van der Waals surface area contributed by atoms with E-state index in [1.165, 1.54) is 4.90 Å². The third-order valence-electron chi connectivity index (χ3n) is 8.16. The molecule has 0 aliphatic carbocycles. The fraction of sp³-hybridized carbons (Fsp3) is 0.714.